The number of phenols is 2. The molecule has 0 aliphatic carbocycles. The molecule has 0 heterocycles. The largest absolute Gasteiger partial charge is 0.507 e. The summed E-state index contributed by atoms with van der Waals surface area (Å²) in [7, 11) is 2.77. The lowest BCUT2D eigenvalue weighted by Gasteiger charge is -2.10. The summed E-state index contributed by atoms with van der Waals surface area (Å²) in [5, 5.41) is 20.5. The second kappa shape index (κ2) is 8.10. The Balaban J connectivity index is 2.25. The van der Waals surface area contributed by atoms with Gasteiger partial charge in [0.1, 0.15) is 12.3 Å². The van der Waals surface area contributed by atoms with Gasteiger partial charge in [-0.05, 0) is 43.2 Å². The van der Waals surface area contributed by atoms with Crippen molar-refractivity contribution in [1.29, 1.82) is 0 Å². The second-order valence-electron chi connectivity index (χ2n) is 5.69. The first-order chi connectivity index (χ1) is 12.3. The van der Waals surface area contributed by atoms with Crippen molar-refractivity contribution in [2.75, 3.05) is 20.8 Å². The number of phenolic OH excluding ortho intramolecular Hbond substituents is 2. The van der Waals surface area contributed by atoms with Crippen molar-refractivity contribution in [3.05, 3.63) is 45.5 Å². The Morgan fingerprint density at radius 1 is 1.15 bits per heavy atom. The fraction of sp³-hybridized carbons (Fsp3) is 0.263. The van der Waals surface area contributed by atoms with Gasteiger partial charge < -0.3 is 19.7 Å². The zero-order valence-electron chi connectivity index (χ0n) is 15.0. The summed E-state index contributed by atoms with van der Waals surface area (Å²) in [6.45, 7) is 3.42. The van der Waals surface area contributed by atoms with Crippen LogP contribution in [-0.4, -0.2) is 43.0 Å². The first-order valence-electron chi connectivity index (χ1n) is 7.76. The smallest absolute Gasteiger partial charge is 0.200 e. The fourth-order valence-corrected chi connectivity index (χ4v) is 2.64. The molecular formula is C19H20ClNO5. The van der Waals surface area contributed by atoms with Crippen LogP contribution >= 0.6 is 11.6 Å². The molecule has 0 aromatic heterocycles. The zero-order valence-corrected chi connectivity index (χ0v) is 15.7. The average Bonchev–Trinajstić information content (AvgIpc) is 2.62. The maximum atomic E-state index is 12.4. The van der Waals surface area contributed by atoms with E-state index in [1.54, 1.807) is 19.9 Å². The summed E-state index contributed by atoms with van der Waals surface area (Å²) < 4.78 is 10.1. The summed E-state index contributed by atoms with van der Waals surface area (Å²) >= 11 is 6.18. The van der Waals surface area contributed by atoms with Crippen molar-refractivity contribution < 1.29 is 24.5 Å². The molecule has 0 fully saturated rings. The Hall–Kier alpha value is -2.73. The molecular weight excluding hydrogens is 358 g/mol. The van der Waals surface area contributed by atoms with Gasteiger partial charge in [0, 0.05) is 22.4 Å². The van der Waals surface area contributed by atoms with Crippen LogP contribution in [0.4, 0.5) is 0 Å². The molecule has 0 saturated heterocycles. The fourth-order valence-electron chi connectivity index (χ4n) is 2.48. The lowest BCUT2D eigenvalue weighted by atomic mass is 10.0. The average molecular weight is 378 g/mol. The monoisotopic (exact) mass is 377 g/mol. The van der Waals surface area contributed by atoms with E-state index in [0.29, 0.717) is 16.1 Å². The van der Waals surface area contributed by atoms with Gasteiger partial charge in [-0.2, -0.15) is 0 Å². The van der Waals surface area contributed by atoms with E-state index in [1.807, 2.05) is 0 Å². The highest BCUT2D eigenvalue weighted by Crippen LogP contribution is 2.37. The summed E-state index contributed by atoms with van der Waals surface area (Å²) in [5.41, 5.74) is 2.21. The van der Waals surface area contributed by atoms with Gasteiger partial charge >= 0.3 is 0 Å². The van der Waals surface area contributed by atoms with Gasteiger partial charge in [0.25, 0.3) is 0 Å². The first-order valence-corrected chi connectivity index (χ1v) is 8.14. The summed E-state index contributed by atoms with van der Waals surface area (Å²) in [6, 6.07) is 4.39. The number of hydrogen-bond acceptors (Lipinski definition) is 6. The Kier molecular flexibility index (Phi) is 6.10. The predicted octanol–water partition coefficient (Wildman–Crippen LogP) is 3.69. The maximum absolute atomic E-state index is 12.4. The number of ketones is 1. The molecule has 0 aliphatic heterocycles. The van der Waals surface area contributed by atoms with Gasteiger partial charge in [-0.1, -0.05) is 11.6 Å². The summed E-state index contributed by atoms with van der Waals surface area (Å²) in [5.74, 6) is -0.155. The molecule has 0 amide bonds. The van der Waals surface area contributed by atoms with Crippen LogP contribution < -0.4 is 9.47 Å². The molecule has 2 rings (SSSR count). The lowest BCUT2D eigenvalue weighted by Crippen LogP contribution is -2.05. The Morgan fingerprint density at radius 2 is 1.73 bits per heavy atom. The molecule has 26 heavy (non-hydrogen) atoms. The van der Waals surface area contributed by atoms with Gasteiger partial charge in [-0.25, -0.2) is 0 Å². The van der Waals surface area contributed by atoms with E-state index in [0.717, 1.165) is 5.56 Å². The van der Waals surface area contributed by atoms with Gasteiger partial charge in [0.15, 0.2) is 17.3 Å². The quantitative estimate of drug-likeness (QED) is 0.592. The molecule has 0 spiro atoms. The number of ether oxygens (including phenoxy) is 2. The Labute approximate surface area is 156 Å². The number of halogens is 1. The number of aryl methyl sites for hydroxylation is 1. The van der Waals surface area contributed by atoms with E-state index in [-0.39, 0.29) is 40.9 Å². The van der Waals surface area contributed by atoms with E-state index in [1.165, 1.54) is 32.6 Å². The minimum atomic E-state index is -0.298. The summed E-state index contributed by atoms with van der Waals surface area (Å²) in [4.78, 5) is 16.5. The zero-order chi connectivity index (χ0) is 19.4. The van der Waals surface area contributed by atoms with Crippen LogP contribution in [0.25, 0.3) is 0 Å². The maximum Gasteiger partial charge on any atom is 0.200 e. The van der Waals surface area contributed by atoms with Crippen molar-refractivity contribution in [3.8, 4) is 23.0 Å². The van der Waals surface area contributed by atoms with Crippen molar-refractivity contribution in [2.45, 2.75) is 13.8 Å². The third-order valence-corrected chi connectivity index (χ3v) is 4.55. The lowest BCUT2D eigenvalue weighted by molar-refractivity contribution is 0.100. The Bertz CT molecular complexity index is 852. The molecule has 0 atom stereocenters. The minimum Gasteiger partial charge on any atom is -0.507 e. The third-order valence-electron chi connectivity index (χ3n) is 3.97. The van der Waals surface area contributed by atoms with Crippen LogP contribution in [-0.2, 0) is 0 Å². The van der Waals surface area contributed by atoms with Crippen LogP contribution in [0.2, 0.25) is 5.02 Å². The minimum absolute atomic E-state index is 0.0496. The SMILES string of the molecule is COc1cc(C(=O)CN=Cc2c(O)cc(C)c(Cl)c2C)cc(OC)c1O. The van der Waals surface area contributed by atoms with Gasteiger partial charge in [-0.15, -0.1) is 0 Å². The second-order valence-corrected chi connectivity index (χ2v) is 6.07. The number of benzene rings is 2. The molecule has 138 valence electrons. The number of carbonyl (C=O) groups excluding carboxylic acids is 1. The van der Waals surface area contributed by atoms with Gasteiger partial charge in [-0.3, -0.25) is 9.79 Å². The van der Waals surface area contributed by atoms with Gasteiger partial charge in [0.2, 0.25) is 5.75 Å². The molecule has 2 N–H and O–H groups in total. The van der Waals surface area contributed by atoms with Crippen LogP contribution in [0.15, 0.2) is 23.2 Å². The summed E-state index contributed by atoms with van der Waals surface area (Å²) in [6.07, 6.45) is 1.42. The van der Waals surface area contributed by atoms with Crippen molar-refractivity contribution in [1.82, 2.24) is 0 Å². The number of Topliss-reactive ketones (excluding diaryl/α,β-unsaturated/α-hetero) is 1. The highest BCUT2D eigenvalue weighted by Gasteiger charge is 2.15. The van der Waals surface area contributed by atoms with E-state index in [2.05, 4.69) is 4.99 Å². The molecule has 2 aromatic carbocycles. The van der Waals surface area contributed by atoms with Crippen molar-refractivity contribution >= 4 is 23.6 Å². The van der Waals surface area contributed by atoms with Crippen LogP contribution in [0, 0.1) is 13.8 Å². The van der Waals surface area contributed by atoms with Crippen LogP contribution in [0.1, 0.15) is 27.0 Å². The number of carbonyl (C=O) groups is 1. The van der Waals surface area contributed by atoms with E-state index >= 15 is 0 Å². The number of rotatable bonds is 6. The molecule has 0 unspecified atom stereocenters. The van der Waals surface area contributed by atoms with Crippen molar-refractivity contribution in [3.63, 3.8) is 0 Å². The van der Waals surface area contributed by atoms with Gasteiger partial charge in [0.05, 0.1) is 14.2 Å². The first kappa shape index (κ1) is 19.6. The predicted molar refractivity (Wildman–Crippen MR) is 101 cm³/mol. The molecule has 0 bridgehead atoms. The number of aromatic hydroxyl groups is 2. The van der Waals surface area contributed by atoms with Crippen molar-refractivity contribution in [2.24, 2.45) is 4.99 Å². The highest BCUT2D eigenvalue weighted by atomic mass is 35.5. The number of hydrogen-bond donors (Lipinski definition) is 2. The number of aliphatic imine (C=N–C) groups is 1. The highest BCUT2D eigenvalue weighted by molar-refractivity contribution is 6.32. The van der Waals surface area contributed by atoms with Crippen LogP contribution in [0.5, 0.6) is 23.0 Å². The molecule has 7 heteroatoms. The Morgan fingerprint density at radius 3 is 2.27 bits per heavy atom. The van der Waals surface area contributed by atoms with Crippen LogP contribution in [0.3, 0.4) is 0 Å². The molecule has 0 radical (unpaired) electrons. The normalized spacial score (nSPS) is 11.0. The molecule has 2 aromatic rings. The van der Waals surface area contributed by atoms with E-state index < -0.39 is 0 Å². The van der Waals surface area contributed by atoms with E-state index in [4.69, 9.17) is 21.1 Å². The number of methoxy groups -OCH3 is 2. The molecule has 0 aliphatic rings. The topological polar surface area (TPSA) is 88.4 Å². The van der Waals surface area contributed by atoms with E-state index in [9.17, 15) is 15.0 Å². The third kappa shape index (κ3) is 3.91. The standard InChI is InChI=1S/C19H20ClNO5/c1-10-5-14(22)13(11(2)18(10)20)8-21-9-15(23)12-6-16(25-3)19(24)17(7-12)26-4/h5-8,22,24H,9H2,1-4H3. The number of nitrogens with zero attached hydrogens (tertiary/aromatic N) is 1. The molecule has 6 nitrogen and oxygen atoms in total. The molecule has 0 saturated carbocycles.